The van der Waals surface area contributed by atoms with Crippen LogP contribution in [0.25, 0.3) is 0 Å². The Bertz CT molecular complexity index is 572. The lowest BCUT2D eigenvalue weighted by Gasteiger charge is -2.23. The number of benzene rings is 2. The number of carbonyl (C=O) groups is 1. The van der Waals surface area contributed by atoms with Crippen LogP contribution in [0.1, 0.15) is 29.8 Å². The van der Waals surface area contributed by atoms with E-state index in [1.165, 1.54) is 11.3 Å². The van der Waals surface area contributed by atoms with Gasteiger partial charge in [-0.1, -0.05) is 12.1 Å². The van der Waals surface area contributed by atoms with Crippen molar-refractivity contribution in [1.29, 1.82) is 0 Å². The van der Waals surface area contributed by atoms with E-state index in [2.05, 4.69) is 43.0 Å². The fourth-order valence-electron chi connectivity index (χ4n) is 2.19. The Morgan fingerprint density at radius 3 is 2.26 bits per heavy atom. The standard InChI is InChI=1S/C17H19NO/c1-4-18(17-7-5-6-13(2)12-17)16-10-8-15(9-11-16)14(3)19/h5-12H,4H2,1-3H3. The van der Waals surface area contributed by atoms with Crippen molar-refractivity contribution in [3.8, 4) is 0 Å². The smallest absolute Gasteiger partial charge is 0.159 e. The molecule has 2 aromatic rings. The van der Waals surface area contributed by atoms with Gasteiger partial charge < -0.3 is 4.90 Å². The third-order valence-electron chi connectivity index (χ3n) is 3.22. The van der Waals surface area contributed by atoms with E-state index in [1.807, 2.05) is 24.3 Å². The van der Waals surface area contributed by atoms with E-state index in [4.69, 9.17) is 0 Å². The first kappa shape index (κ1) is 13.3. The molecular formula is C17H19NO. The molecule has 0 aliphatic rings. The van der Waals surface area contributed by atoms with Crippen molar-refractivity contribution in [2.45, 2.75) is 20.8 Å². The SMILES string of the molecule is CCN(c1ccc(C(C)=O)cc1)c1cccc(C)c1. The number of anilines is 2. The lowest BCUT2D eigenvalue weighted by atomic mass is 10.1. The first-order valence-electron chi connectivity index (χ1n) is 6.57. The Balaban J connectivity index is 2.34. The van der Waals surface area contributed by atoms with Crippen molar-refractivity contribution < 1.29 is 4.79 Å². The Hall–Kier alpha value is -2.09. The molecule has 0 atom stereocenters. The molecule has 0 heterocycles. The number of rotatable bonds is 4. The third kappa shape index (κ3) is 3.02. The van der Waals surface area contributed by atoms with E-state index in [1.54, 1.807) is 6.92 Å². The van der Waals surface area contributed by atoms with E-state index in [0.29, 0.717) is 0 Å². The van der Waals surface area contributed by atoms with Crippen molar-refractivity contribution in [3.63, 3.8) is 0 Å². The van der Waals surface area contributed by atoms with Crippen LogP contribution in [0.4, 0.5) is 11.4 Å². The number of Topliss-reactive ketones (excluding diaryl/α,β-unsaturated/α-hetero) is 1. The van der Waals surface area contributed by atoms with Crippen molar-refractivity contribution in [2.24, 2.45) is 0 Å². The molecule has 2 rings (SSSR count). The van der Waals surface area contributed by atoms with Crippen LogP contribution in [-0.2, 0) is 0 Å². The number of aryl methyl sites for hydroxylation is 1. The molecule has 0 bridgehead atoms. The summed E-state index contributed by atoms with van der Waals surface area (Å²) < 4.78 is 0. The van der Waals surface area contributed by atoms with Crippen LogP contribution >= 0.6 is 0 Å². The summed E-state index contributed by atoms with van der Waals surface area (Å²) in [6.07, 6.45) is 0. The van der Waals surface area contributed by atoms with Gasteiger partial charge in [-0.05, 0) is 62.7 Å². The number of carbonyl (C=O) groups excluding carboxylic acids is 1. The summed E-state index contributed by atoms with van der Waals surface area (Å²) in [6, 6.07) is 16.2. The zero-order chi connectivity index (χ0) is 13.8. The van der Waals surface area contributed by atoms with Crippen LogP contribution in [0.3, 0.4) is 0 Å². The van der Waals surface area contributed by atoms with Gasteiger partial charge in [-0.3, -0.25) is 4.79 Å². The summed E-state index contributed by atoms with van der Waals surface area (Å²) in [5.74, 6) is 0.102. The number of hydrogen-bond acceptors (Lipinski definition) is 2. The minimum absolute atomic E-state index is 0.102. The van der Waals surface area contributed by atoms with E-state index >= 15 is 0 Å². The van der Waals surface area contributed by atoms with E-state index in [-0.39, 0.29) is 5.78 Å². The summed E-state index contributed by atoms with van der Waals surface area (Å²) in [7, 11) is 0. The minimum atomic E-state index is 0.102. The first-order chi connectivity index (χ1) is 9.11. The molecule has 2 nitrogen and oxygen atoms in total. The maximum absolute atomic E-state index is 11.3. The van der Waals surface area contributed by atoms with Gasteiger partial charge in [-0.25, -0.2) is 0 Å². The lowest BCUT2D eigenvalue weighted by Crippen LogP contribution is -2.16. The topological polar surface area (TPSA) is 20.3 Å². The highest BCUT2D eigenvalue weighted by Crippen LogP contribution is 2.26. The van der Waals surface area contributed by atoms with Gasteiger partial charge >= 0.3 is 0 Å². The molecule has 0 fully saturated rings. The largest absolute Gasteiger partial charge is 0.342 e. The summed E-state index contributed by atoms with van der Waals surface area (Å²) in [6.45, 7) is 6.70. The van der Waals surface area contributed by atoms with Gasteiger partial charge in [0.25, 0.3) is 0 Å². The van der Waals surface area contributed by atoms with Crippen LogP contribution in [0.15, 0.2) is 48.5 Å². The lowest BCUT2D eigenvalue weighted by molar-refractivity contribution is 0.101. The molecule has 19 heavy (non-hydrogen) atoms. The molecule has 0 aliphatic carbocycles. The number of nitrogens with zero attached hydrogens (tertiary/aromatic N) is 1. The number of ketones is 1. The van der Waals surface area contributed by atoms with Crippen molar-refractivity contribution in [3.05, 3.63) is 59.7 Å². The Kier molecular flexibility index (Phi) is 4.00. The molecule has 0 amide bonds. The summed E-state index contributed by atoms with van der Waals surface area (Å²) >= 11 is 0. The molecule has 0 aromatic heterocycles. The van der Waals surface area contributed by atoms with Gasteiger partial charge in [0.15, 0.2) is 5.78 Å². The molecule has 0 spiro atoms. The average molecular weight is 253 g/mol. The van der Waals surface area contributed by atoms with Crippen molar-refractivity contribution in [1.82, 2.24) is 0 Å². The van der Waals surface area contributed by atoms with Crippen LogP contribution in [0.2, 0.25) is 0 Å². The third-order valence-corrected chi connectivity index (χ3v) is 3.22. The maximum Gasteiger partial charge on any atom is 0.159 e. The van der Waals surface area contributed by atoms with E-state index in [0.717, 1.165) is 17.8 Å². The predicted molar refractivity (Wildman–Crippen MR) is 80.3 cm³/mol. The molecule has 0 saturated carbocycles. The van der Waals surface area contributed by atoms with Gasteiger partial charge in [0.05, 0.1) is 0 Å². The normalized spacial score (nSPS) is 10.3. The second-order valence-electron chi connectivity index (χ2n) is 4.69. The van der Waals surface area contributed by atoms with Gasteiger partial charge in [0.1, 0.15) is 0 Å². The fourth-order valence-corrected chi connectivity index (χ4v) is 2.19. The summed E-state index contributed by atoms with van der Waals surface area (Å²) in [4.78, 5) is 13.5. The Labute approximate surface area is 114 Å². The monoisotopic (exact) mass is 253 g/mol. The Morgan fingerprint density at radius 1 is 1.05 bits per heavy atom. The average Bonchev–Trinajstić information content (AvgIpc) is 2.40. The second-order valence-corrected chi connectivity index (χ2v) is 4.69. The molecule has 0 radical (unpaired) electrons. The highest BCUT2D eigenvalue weighted by Gasteiger charge is 2.08. The number of hydrogen-bond donors (Lipinski definition) is 0. The predicted octanol–water partition coefficient (Wildman–Crippen LogP) is 4.36. The minimum Gasteiger partial charge on any atom is -0.342 e. The molecule has 2 heteroatoms. The molecule has 0 N–H and O–H groups in total. The summed E-state index contributed by atoms with van der Waals surface area (Å²) in [5, 5.41) is 0. The molecule has 0 aliphatic heterocycles. The zero-order valence-corrected chi connectivity index (χ0v) is 11.7. The zero-order valence-electron chi connectivity index (χ0n) is 11.7. The van der Waals surface area contributed by atoms with Gasteiger partial charge in [-0.2, -0.15) is 0 Å². The van der Waals surface area contributed by atoms with Crippen LogP contribution < -0.4 is 4.90 Å². The molecule has 0 saturated heterocycles. The maximum atomic E-state index is 11.3. The van der Waals surface area contributed by atoms with Crippen molar-refractivity contribution >= 4 is 17.2 Å². The highest BCUT2D eigenvalue weighted by atomic mass is 16.1. The van der Waals surface area contributed by atoms with Crippen LogP contribution in [0.5, 0.6) is 0 Å². The van der Waals surface area contributed by atoms with Crippen molar-refractivity contribution in [2.75, 3.05) is 11.4 Å². The van der Waals surface area contributed by atoms with Gasteiger partial charge in [-0.15, -0.1) is 0 Å². The molecule has 0 unspecified atom stereocenters. The first-order valence-corrected chi connectivity index (χ1v) is 6.57. The molecular weight excluding hydrogens is 234 g/mol. The highest BCUT2D eigenvalue weighted by molar-refractivity contribution is 5.94. The van der Waals surface area contributed by atoms with Gasteiger partial charge in [0, 0.05) is 23.5 Å². The van der Waals surface area contributed by atoms with E-state index in [9.17, 15) is 4.79 Å². The molecule has 2 aromatic carbocycles. The quantitative estimate of drug-likeness (QED) is 0.755. The van der Waals surface area contributed by atoms with Crippen LogP contribution in [0, 0.1) is 6.92 Å². The van der Waals surface area contributed by atoms with Crippen LogP contribution in [-0.4, -0.2) is 12.3 Å². The summed E-state index contributed by atoms with van der Waals surface area (Å²) in [5.41, 5.74) is 4.29. The second kappa shape index (κ2) is 5.70. The Morgan fingerprint density at radius 2 is 1.74 bits per heavy atom. The fraction of sp³-hybridized carbons (Fsp3) is 0.235. The molecule has 98 valence electrons. The van der Waals surface area contributed by atoms with Gasteiger partial charge in [0.2, 0.25) is 0 Å². The van der Waals surface area contributed by atoms with E-state index < -0.39 is 0 Å².